The molecule has 0 radical (unpaired) electrons. The van der Waals surface area contributed by atoms with E-state index in [1.54, 1.807) is 42.9 Å². The zero-order valence-corrected chi connectivity index (χ0v) is 18.0. The minimum absolute atomic E-state index is 0.146. The summed E-state index contributed by atoms with van der Waals surface area (Å²) in [6.07, 6.45) is 5.99. The zero-order valence-electron chi connectivity index (χ0n) is 16.4. The number of benzene rings is 2. The molecule has 8 heteroatoms. The molecule has 0 aliphatic carbocycles. The van der Waals surface area contributed by atoms with Crippen molar-refractivity contribution >= 4 is 33.4 Å². The zero-order chi connectivity index (χ0) is 22.0. The van der Waals surface area contributed by atoms with Crippen LogP contribution in [0.5, 0.6) is 0 Å². The van der Waals surface area contributed by atoms with Gasteiger partial charge in [-0.05, 0) is 35.4 Å². The smallest absolute Gasteiger partial charge is 0.295 e. The lowest BCUT2D eigenvalue weighted by Gasteiger charge is -2.27. The van der Waals surface area contributed by atoms with E-state index >= 15 is 0 Å². The molecule has 0 saturated carbocycles. The topological polar surface area (TPSA) is 80.1 Å². The van der Waals surface area contributed by atoms with Crippen LogP contribution in [-0.2, 0) is 16.1 Å². The quantitative estimate of drug-likeness (QED) is 0.253. The molecule has 1 amide bonds. The van der Waals surface area contributed by atoms with Crippen molar-refractivity contribution in [3.8, 4) is 0 Å². The van der Waals surface area contributed by atoms with Crippen LogP contribution >= 0.6 is 15.9 Å². The number of halogens is 2. The van der Waals surface area contributed by atoms with Crippen molar-refractivity contribution in [2.45, 2.75) is 19.0 Å². The predicted octanol–water partition coefficient (Wildman–Crippen LogP) is 2.52. The number of ketones is 1. The minimum atomic E-state index is -0.928. The number of imidazole rings is 1. The number of likely N-dealkylation sites (tertiary alicyclic amines) is 1. The Morgan fingerprint density at radius 3 is 2.65 bits per heavy atom. The van der Waals surface area contributed by atoms with E-state index in [9.17, 15) is 19.1 Å². The molecular formula is C23H19BrFN3O3. The average molecular weight is 484 g/mol. The fourth-order valence-electron chi connectivity index (χ4n) is 3.76. The first-order valence-corrected chi connectivity index (χ1v) is 10.5. The van der Waals surface area contributed by atoms with E-state index in [4.69, 9.17) is 0 Å². The third-order valence-electron chi connectivity index (χ3n) is 5.22. The number of aryl methyl sites for hydroxylation is 1. The number of nitrogens with zero attached hydrogens (tertiary/aromatic N) is 2. The van der Waals surface area contributed by atoms with E-state index < -0.39 is 29.3 Å². The monoisotopic (exact) mass is 483 g/mol. The Bertz CT molecular complexity index is 1140. The summed E-state index contributed by atoms with van der Waals surface area (Å²) in [5.74, 6) is -2.60. The maximum absolute atomic E-state index is 14.0. The lowest BCUT2D eigenvalue weighted by Crippen LogP contribution is -2.36. The van der Waals surface area contributed by atoms with Gasteiger partial charge in [0.1, 0.15) is 18.2 Å². The number of rotatable bonds is 6. The highest BCUT2D eigenvalue weighted by atomic mass is 79.9. The second kappa shape index (κ2) is 8.85. The van der Waals surface area contributed by atoms with Gasteiger partial charge in [-0.25, -0.2) is 8.96 Å². The maximum atomic E-state index is 14.0. The Labute approximate surface area is 186 Å². The second-order valence-corrected chi connectivity index (χ2v) is 8.15. The summed E-state index contributed by atoms with van der Waals surface area (Å²) in [6, 6.07) is 11.3. The van der Waals surface area contributed by atoms with Gasteiger partial charge in [-0.2, -0.15) is 0 Å². The Hall–Kier alpha value is -3.26. The highest BCUT2D eigenvalue weighted by molar-refractivity contribution is 9.10. The molecule has 1 atom stereocenters. The van der Waals surface area contributed by atoms with E-state index in [1.807, 2.05) is 10.8 Å². The number of hydrogen-bond donors (Lipinski definition) is 1. The SMILES string of the molecule is O=C1C(=O)N(CCC[n+]2cc[nH]c2)C(c2cccc(F)c2)C1=C([O-])c1ccc(Br)cc1. The van der Waals surface area contributed by atoms with Crippen LogP contribution in [0.15, 0.2) is 77.3 Å². The summed E-state index contributed by atoms with van der Waals surface area (Å²) in [6.45, 7) is 0.869. The molecule has 1 fully saturated rings. The van der Waals surface area contributed by atoms with Crippen LogP contribution in [0, 0.1) is 5.82 Å². The van der Waals surface area contributed by atoms with Crippen molar-refractivity contribution in [2.75, 3.05) is 6.54 Å². The highest BCUT2D eigenvalue weighted by Crippen LogP contribution is 2.39. The molecule has 1 saturated heterocycles. The number of aromatic nitrogens is 2. The van der Waals surface area contributed by atoms with Crippen LogP contribution in [-0.4, -0.2) is 28.1 Å². The third kappa shape index (κ3) is 4.29. The van der Waals surface area contributed by atoms with Gasteiger partial charge in [-0.1, -0.05) is 46.0 Å². The third-order valence-corrected chi connectivity index (χ3v) is 5.75. The Kier molecular flexibility index (Phi) is 5.99. The second-order valence-electron chi connectivity index (χ2n) is 7.24. The summed E-state index contributed by atoms with van der Waals surface area (Å²) in [5, 5.41) is 13.2. The van der Waals surface area contributed by atoms with Gasteiger partial charge in [0, 0.05) is 23.0 Å². The number of amides is 1. The molecule has 1 N–H and O–H groups in total. The first-order valence-electron chi connectivity index (χ1n) is 9.75. The molecule has 2 heterocycles. The number of H-pyrrole nitrogens is 1. The molecule has 1 aliphatic heterocycles. The number of carbonyl (C=O) groups is 2. The van der Waals surface area contributed by atoms with Crippen molar-refractivity contribution < 1.29 is 23.7 Å². The lowest BCUT2D eigenvalue weighted by molar-refractivity contribution is -0.695. The van der Waals surface area contributed by atoms with Gasteiger partial charge < -0.3 is 10.0 Å². The van der Waals surface area contributed by atoms with E-state index in [2.05, 4.69) is 20.9 Å². The summed E-state index contributed by atoms with van der Waals surface area (Å²) in [7, 11) is 0. The normalized spacial score (nSPS) is 18.0. The van der Waals surface area contributed by atoms with Crippen LogP contribution in [0.3, 0.4) is 0 Å². The molecule has 31 heavy (non-hydrogen) atoms. The van der Waals surface area contributed by atoms with Gasteiger partial charge in [0.05, 0.1) is 12.6 Å². The Morgan fingerprint density at radius 1 is 1.19 bits per heavy atom. The lowest BCUT2D eigenvalue weighted by atomic mass is 9.95. The molecule has 0 spiro atoms. The number of Topliss-reactive ketones (excluding diaryl/α,β-unsaturated/α-hetero) is 1. The highest BCUT2D eigenvalue weighted by Gasteiger charge is 2.44. The number of aromatic amines is 1. The molecule has 2 aromatic carbocycles. The summed E-state index contributed by atoms with van der Waals surface area (Å²) in [4.78, 5) is 30.1. The standard InChI is InChI=1S/C23H19BrFN3O3/c24-17-7-5-15(6-8-17)21(29)19-20(16-3-1-4-18(25)13-16)28(23(31)22(19)30)11-2-10-27-12-9-26-14-27/h1,3-9,12-14,20H,2,10-11H2,(H,29,30). The van der Waals surface area contributed by atoms with Crippen molar-refractivity contribution in [3.63, 3.8) is 0 Å². The van der Waals surface area contributed by atoms with Gasteiger partial charge in [0.15, 0.2) is 0 Å². The molecule has 3 aromatic rings. The Morgan fingerprint density at radius 2 is 1.97 bits per heavy atom. The molecule has 1 aromatic heterocycles. The van der Waals surface area contributed by atoms with Gasteiger partial charge >= 0.3 is 0 Å². The van der Waals surface area contributed by atoms with Gasteiger partial charge in [0.2, 0.25) is 12.1 Å². The number of hydrogen-bond acceptors (Lipinski definition) is 3. The van der Waals surface area contributed by atoms with Crippen molar-refractivity contribution in [2.24, 2.45) is 0 Å². The van der Waals surface area contributed by atoms with Crippen molar-refractivity contribution in [1.29, 1.82) is 0 Å². The Balaban J connectivity index is 1.73. The van der Waals surface area contributed by atoms with Gasteiger partial charge in [-0.15, -0.1) is 0 Å². The van der Waals surface area contributed by atoms with E-state index in [0.717, 1.165) is 4.47 Å². The maximum Gasteiger partial charge on any atom is 0.295 e. The van der Waals surface area contributed by atoms with Gasteiger partial charge in [0.25, 0.3) is 5.91 Å². The molecule has 4 rings (SSSR count). The minimum Gasteiger partial charge on any atom is -0.872 e. The predicted molar refractivity (Wildman–Crippen MR) is 113 cm³/mol. The molecule has 6 nitrogen and oxygen atoms in total. The van der Waals surface area contributed by atoms with Crippen LogP contribution in [0.2, 0.25) is 0 Å². The van der Waals surface area contributed by atoms with Crippen LogP contribution in [0.4, 0.5) is 4.39 Å². The van der Waals surface area contributed by atoms with Crippen LogP contribution in [0.1, 0.15) is 23.6 Å². The van der Waals surface area contributed by atoms with Crippen LogP contribution in [0.25, 0.3) is 5.76 Å². The number of carbonyl (C=O) groups excluding carboxylic acids is 2. The summed E-state index contributed by atoms with van der Waals surface area (Å²) >= 11 is 3.32. The van der Waals surface area contributed by atoms with Gasteiger partial charge in [-0.3, -0.25) is 14.6 Å². The first-order chi connectivity index (χ1) is 15.0. The molecule has 1 unspecified atom stereocenters. The molecular weight excluding hydrogens is 465 g/mol. The largest absolute Gasteiger partial charge is 0.872 e. The van der Waals surface area contributed by atoms with Crippen molar-refractivity contribution in [3.05, 3.63) is 94.2 Å². The van der Waals surface area contributed by atoms with Crippen LogP contribution < -0.4 is 9.67 Å². The average Bonchev–Trinajstić information content (AvgIpc) is 3.36. The van der Waals surface area contributed by atoms with Crippen molar-refractivity contribution in [1.82, 2.24) is 9.88 Å². The summed E-state index contributed by atoms with van der Waals surface area (Å²) in [5.41, 5.74) is 0.548. The summed E-state index contributed by atoms with van der Waals surface area (Å²) < 4.78 is 16.7. The number of nitrogens with one attached hydrogen (secondary N) is 1. The molecule has 1 aliphatic rings. The van der Waals surface area contributed by atoms with E-state index in [0.29, 0.717) is 24.1 Å². The van der Waals surface area contributed by atoms with E-state index in [1.165, 1.54) is 23.1 Å². The first kappa shape index (κ1) is 21.0. The molecule has 0 bridgehead atoms. The fraction of sp³-hybridized carbons (Fsp3) is 0.174. The fourth-order valence-corrected chi connectivity index (χ4v) is 4.03. The molecule has 158 valence electrons. The van der Waals surface area contributed by atoms with E-state index in [-0.39, 0.29) is 12.1 Å².